The van der Waals surface area contributed by atoms with Crippen LogP contribution < -0.4 is 4.74 Å². The molecule has 25 heavy (non-hydrogen) atoms. The van der Waals surface area contributed by atoms with Gasteiger partial charge in [-0.2, -0.15) is 5.10 Å². The van der Waals surface area contributed by atoms with Crippen LogP contribution in [0.15, 0.2) is 53.4 Å². The Bertz CT molecular complexity index is 1030. The van der Waals surface area contributed by atoms with Gasteiger partial charge in [0.2, 0.25) is 0 Å². The van der Waals surface area contributed by atoms with E-state index in [2.05, 4.69) is 5.10 Å². The molecule has 1 heterocycles. The zero-order valence-corrected chi connectivity index (χ0v) is 15.7. The largest absolute Gasteiger partial charge is 0.495 e. The molecule has 0 N–H and O–H groups in total. The molecule has 0 saturated heterocycles. The van der Waals surface area contributed by atoms with Gasteiger partial charge in [0.05, 0.1) is 28.4 Å². The smallest absolute Gasteiger partial charge is 0.175 e. The highest BCUT2D eigenvalue weighted by molar-refractivity contribution is 7.90. The van der Waals surface area contributed by atoms with Crippen molar-refractivity contribution in [3.63, 3.8) is 0 Å². The van der Waals surface area contributed by atoms with Crippen LogP contribution >= 0.6 is 23.2 Å². The molecular formula is C17H14Cl2N2O3S. The fraction of sp³-hybridized carbons (Fsp3) is 0.118. The molecule has 3 aromatic rings. The topological polar surface area (TPSA) is 61.2 Å². The van der Waals surface area contributed by atoms with Gasteiger partial charge in [-0.05, 0) is 24.3 Å². The Balaban J connectivity index is 2.10. The third kappa shape index (κ3) is 3.66. The highest BCUT2D eigenvalue weighted by Gasteiger charge is 2.14. The second-order valence-electron chi connectivity index (χ2n) is 5.38. The van der Waals surface area contributed by atoms with E-state index < -0.39 is 9.84 Å². The second kappa shape index (κ2) is 6.71. The fourth-order valence-electron chi connectivity index (χ4n) is 2.41. The van der Waals surface area contributed by atoms with Crippen molar-refractivity contribution in [2.45, 2.75) is 4.90 Å². The summed E-state index contributed by atoms with van der Waals surface area (Å²) in [5.74, 6) is 0.518. The van der Waals surface area contributed by atoms with E-state index in [-0.39, 0.29) is 4.90 Å². The molecule has 0 unspecified atom stereocenters. The number of ether oxygens (including phenoxy) is 1. The van der Waals surface area contributed by atoms with E-state index in [4.69, 9.17) is 27.9 Å². The van der Waals surface area contributed by atoms with Crippen LogP contribution in [0.25, 0.3) is 16.9 Å². The average molecular weight is 397 g/mol. The monoisotopic (exact) mass is 396 g/mol. The molecule has 5 nitrogen and oxygen atoms in total. The van der Waals surface area contributed by atoms with Crippen LogP contribution in [0.2, 0.25) is 10.2 Å². The van der Waals surface area contributed by atoms with Gasteiger partial charge in [-0.25, -0.2) is 13.1 Å². The van der Waals surface area contributed by atoms with Crippen molar-refractivity contribution in [1.29, 1.82) is 0 Å². The van der Waals surface area contributed by atoms with E-state index in [0.717, 1.165) is 16.9 Å². The molecule has 0 fully saturated rings. The Labute approximate surface area is 155 Å². The van der Waals surface area contributed by atoms with Crippen LogP contribution in [0.4, 0.5) is 0 Å². The zero-order valence-electron chi connectivity index (χ0n) is 13.4. The van der Waals surface area contributed by atoms with Crippen LogP contribution in [0.1, 0.15) is 0 Å². The summed E-state index contributed by atoms with van der Waals surface area (Å²) in [6, 6.07) is 13.5. The van der Waals surface area contributed by atoms with E-state index >= 15 is 0 Å². The molecule has 0 bridgehead atoms. The lowest BCUT2D eigenvalue weighted by Crippen LogP contribution is -2.00. The SMILES string of the molecule is COc1cc(-n2nc(Cl)cc2-c2ccc(S(C)(=O)=O)cc2)ccc1Cl. The maximum absolute atomic E-state index is 11.6. The summed E-state index contributed by atoms with van der Waals surface area (Å²) in [6.45, 7) is 0. The van der Waals surface area contributed by atoms with E-state index in [9.17, 15) is 8.42 Å². The van der Waals surface area contributed by atoms with Gasteiger partial charge < -0.3 is 4.74 Å². The summed E-state index contributed by atoms with van der Waals surface area (Å²) in [5.41, 5.74) is 2.21. The molecular weight excluding hydrogens is 383 g/mol. The summed E-state index contributed by atoms with van der Waals surface area (Å²) in [4.78, 5) is 0.251. The molecule has 0 aliphatic heterocycles. The molecule has 8 heteroatoms. The van der Waals surface area contributed by atoms with Gasteiger partial charge in [0.25, 0.3) is 0 Å². The molecule has 0 atom stereocenters. The molecule has 1 aromatic heterocycles. The van der Waals surface area contributed by atoms with Crippen LogP contribution in [0.5, 0.6) is 5.75 Å². The first-order valence-corrected chi connectivity index (χ1v) is 9.84. The van der Waals surface area contributed by atoms with Crippen molar-refractivity contribution >= 4 is 33.0 Å². The number of aromatic nitrogens is 2. The molecule has 0 amide bonds. The maximum atomic E-state index is 11.6. The third-order valence-corrected chi connectivity index (χ3v) is 5.26. The fourth-order valence-corrected chi connectivity index (χ4v) is 3.41. The lowest BCUT2D eigenvalue weighted by atomic mass is 10.1. The quantitative estimate of drug-likeness (QED) is 0.660. The molecule has 0 aliphatic rings. The number of benzene rings is 2. The predicted molar refractivity (Wildman–Crippen MR) is 98.7 cm³/mol. The first-order chi connectivity index (χ1) is 11.8. The molecule has 0 aliphatic carbocycles. The maximum Gasteiger partial charge on any atom is 0.175 e. The number of nitrogens with zero attached hydrogens (tertiary/aromatic N) is 2. The number of hydrogen-bond acceptors (Lipinski definition) is 4. The average Bonchev–Trinajstić information content (AvgIpc) is 2.96. The van der Waals surface area contributed by atoms with Gasteiger partial charge in [0.15, 0.2) is 15.0 Å². The summed E-state index contributed by atoms with van der Waals surface area (Å²) in [5, 5.41) is 5.10. The summed E-state index contributed by atoms with van der Waals surface area (Å²) < 4.78 is 30.1. The van der Waals surface area contributed by atoms with E-state index in [1.54, 1.807) is 53.2 Å². The number of hydrogen-bond donors (Lipinski definition) is 0. The van der Waals surface area contributed by atoms with Crippen LogP contribution in [-0.4, -0.2) is 31.6 Å². The van der Waals surface area contributed by atoms with E-state index in [0.29, 0.717) is 15.9 Å². The normalized spacial score (nSPS) is 11.5. The summed E-state index contributed by atoms with van der Waals surface area (Å²) >= 11 is 12.2. The zero-order chi connectivity index (χ0) is 18.2. The van der Waals surface area contributed by atoms with Gasteiger partial charge in [-0.3, -0.25) is 0 Å². The van der Waals surface area contributed by atoms with Crippen molar-refractivity contribution in [2.75, 3.05) is 13.4 Å². The van der Waals surface area contributed by atoms with E-state index in [1.165, 1.54) is 13.4 Å². The first kappa shape index (κ1) is 17.8. The Morgan fingerprint density at radius 1 is 1.04 bits per heavy atom. The molecule has 0 spiro atoms. The summed E-state index contributed by atoms with van der Waals surface area (Å²) in [7, 11) is -1.72. The second-order valence-corrected chi connectivity index (χ2v) is 8.19. The molecule has 0 radical (unpaired) electrons. The first-order valence-electron chi connectivity index (χ1n) is 7.19. The van der Waals surface area contributed by atoms with Crippen molar-refractivity contribution in [1.82, 2.24) is 9.78 Å². The van der Waals surface area contributed by atoms with Crippen molar-refractivity contribution in [3.05, 3.63) is 58.7 Å². The molecule has 2 aromatic carbocycles. The minimum Gasteiger partial charge on any atom is -0.495 e. The van der Waals surface area contributed by atoms with Crippen molar-refractivity contribution < 1.29 is 13.2 Å². The number of halogens is 2. The molecule has 3 rings (SSSR count). The van der Waals surface area contributed by atoms with Crippen LogP contribution in [-0.2, 0) is 9.84 Å². The highest BCUT2D eigenvalue weighted by Crippen LogP contribution is 2.31. The van der Waals surface area contributed by atoms with Crippen LogP contribution in [0.3, 0.4) is 0 Å². The van der Waals surface area contributed by atoms with Gasteiger partial charge in [-0.15, -0.1) is 0 Å². The minimum atomic E-state index is -3.25. The number of rotatable bonds is 4. The lowest BCUT2D eigenvalue weighted by molar-refractivity contribution is 0.414. The lowest BCUT2D eigenvalue weighted by Gasteiger charge is -2.10. The number of sulfone groups is 1. The van der Waals surface area contributed by atoms with Gasteiger partial charge in [-0.1, -0.05) is 35.3 Å². The Kier molecular flexibility index (Phi) is 4.77. The minimum absolute atomic E-state index is 0.251. The molecule has 130 valence electrons. The van der Waals surface area contributed by atoms with Crippen molar-refractivity contribution in [3.8, 4) is 22.7 Å². The van der Waals surface area contributed by atoms with Gasteiger partial charge in [0.1, 0.15) is 5.75 Å². The Morgan fingerprint density at radius 2 is 1.72 bits per heavy atom. The Morgan fingerprint density at radius 3 is 2.32 bits per heavy atom. The van der Waals surface area contributed by atoms with Gasteiger partial charge in [0, 0.05) is 24.0 Å². The van der Waals surface area contributed by atoms with Crippen molar-refractivity contribution in [2.24, 2.45) is 0 Å². The Hall–Kier alpha value is -2.02. The third-order valence-electron chi connectivity index (χ3n) is 3.64. The van der Waals surface area contributed by atoms with E-state index in [1.807, 2.05) is 0 Å². The standard InChI is InChI=1S/C17H14Cl2N2O3S/c1-24-16-9-12(5-8-14(16)18)21-15(10-17(19)20-21)11-3-6-13(7-4-11)25(2,22)23/h3-10H,1-2H3. The summed E-state index contributed by atoms with van der Waals surface area (Å²) in [6.07, 6.45) is 1.17. The number of methoxy groups -OCH3 is 1. The van der Waals surface area contributed by atoms with Gasteiger partial charge >= 0.3 is 0 Å². The predicted octanol–water partition coefficient (Wildman–Crippen LogP) is 4.26. The van der Waals surface area contributed by atoms with Crippen LogP contribution in [0, 0.1) is 0 Å². The highest BCUT2D eigenvalue weighted by atomic mass is 35.5. The molecule has 0 saturated carbocycles.